The SMILES string of the molecule is N[C@@H](CO)C(=O)N1CCN(C(=O)Nc2ccn(-c3ccc(CN[C@H]4CC[C@H](N)CC4)cc3)c(=O)n2)CC1. The van der Waals surface area contributed by atoms with Crippen molar-refractivity contribution in [3.05, 3.63) is 52.6 Å². The van der Waals surface area contributed by atoms with Crippen LogP contribution in [0.25, 0.3) is 5.69 Å². The number of carbonyl (C=O) groups is 2. The molecular weight excluding hydrogens is 476 g/mol. The number of urea groups is 1. The van der Waals surface area contributed by atoms with Gasteiger partial charge in [0, 0.05) is 51.0 Å². The minimum atomic E-state index is -0.953. The van der Waals surface area contributed by atoms with Crippen LogP contribution in [0.5, 0.6) is 0 Å². The van der Waals surface area contributed by atoms with E-state index in [-0.39, 0.29) is 11.7 Å². The maximum atomic E-state index is 12.6. The lowest BCUT2D eigenvalue weighted by molar-refractivity contribution is -0.134. The molecule has 1 saturated heterocycles. The number of aliphatic hydroxyl groups is 1. The Kier molecular flexibility index (Phi) is 8.87. The van der Waals surface area contributed by atoms with E-state index in [1.807, 2.05) is 24.3 Å². The summed E-state index contributed by atoms with van der Waals surface area (Å²) in [7, 11) is 0. The minimum absolute atomic E-state index is 0.153. The first-order chi connectivity index (χ1) is 17.8. The topological polar surface area (TPSA) is 172 Å². The minimum Gasteiger partial charge on any atom is -0.394 e. The fraction of sp³-hybridized carbons (Fsp3) is 0.520. The van der Waals surface area contributed by atoms with E-state index < -0.39 is 24.4 Å². The van der Waals surface area contributed by atoms with Crippen LogP contribution in [-0.2, 0) is 11.3 Å². The molecule has 12 nitrogen and oxygen atoms in total. The van der Waals surface area contributed by atoms with Crippen LogP contribution >= 0.6 is 0 Å². The lowest BCUT2D eigenvalue weighted by Gasteiger charge is -2.35. The summed E-state index contributed by atoms with van der Waals surface area (Å²) in [5.74, 6) is -0.188. The standard InChI is InChI=1S/C25H36N8O4/c26-18-3-5-19(6-4-18)28-15-17-1-7-20(8-2-17)33-10-9-22(30-25(33)37)29-24(36)32-13-11-31(12-14-32)23(35)21(27)16-34/h1-2,7-10,18-19,21,28,34H,3-6,11-16,26-27H2,(H,29,30,36,37)/t18-,19-,21-/m0/s1. The van der Waals surface area contributed by atoms with Gasteiger partial charge in [-0.15, -0.1) is 0 Å². The normalized spacial score (nSPS) is 20.9. The van der Waals surface area contributed by atoms with Crippen molar-refractivity contribution in [1.29, 1.82) is 0 Å². The van der Waals surface area contributed by atoms with Crippen LogP contribution < -0.4 is 27.8 Å². The van der Waals surface area contributed by atoms with Crippen molar-refractivity contribution in [2.75, 3.05) is 38.1 Å². The molecule has 7 N–H and O–H groups in total. The highest BCUT2D eigenvalue weighted by molar-refractivity contribution is 5.88. The van der Waals surface area contributed by atoms with E-state index in [4.69, 9.17) is 16.6 Å². The van der Waals surface area contributed by atoms with Gasteiger partial charge in [0.2, 0.25) is 5.91 Å². The smallest absolute Gasteiger partial charge is 0.354 e. The molecule has 2 heterocycles. The number of rotatable bonds is 7. The lowest BCUT2D eigenvalue weighted by atomic mass is 9.92. The number of piperazine rings is 1. The highest BCUT2D eigenvalue weighted by atomic mass is 16.3. The molecule has 1 aromatic carbocycles. The molecule has 2 aromatic rings. The number of aromatic nitrogens is 2. The van der Waals surface area contributed by atoms with Gasteiger partial charge in [-0.25, -0.2) is 9.59 Å². The average Bonchev–Trinajstić information content (AvgIpc) is 2.92. The average molecular weight is 513 g/mol. The molecule has 2 aliphatic rings. The predicted molar refractivity (Wildman–Crippen MR) is 139 cm³/mol. The molecule has 1 atom stereocenters. The highest BCUT2D eigenvalue weighted by Gasteiger charge is 2.27. The van der Waals surface area contributed by atoms with Gasteiger partial charge in [-0.2, -0.15) is 4.98 Å². The van der Waals surface area contributed by atoms with Crippen molar-refractivity contribution < 1.29 is 14.7 Å². The molecule has 1 aliphatic carbocycles. The number of benzene rings is 1. The zero-order valence-electron chi connectivity index (χ0n) is 20.9. The second-order valence-electron chi connectivity index (χ2n) is 9.66. The van der Waals surface area contributed by atoms with Gasteiger partial charge in [-0.05, 0) is 49.4 Å². The number of nitrogens with two attached hydrogens (primary N) is 2. The van der Waals surface area contributed by atoms with Crippen LogP contribution in [0.4, 0.5) is 10.6 Å². The maximum Gasteiger partial charge on any atom is 0.354 e. The molecular formula is C25H36N8O4. The zero-order chi connectivity index (χ0) is 26.4. The van der Waals surface area contributed by atoms with E-state index in [9.17, 15) is 14.4 Å². The Hall–Kier alpha value is -3.32. The van der Waals surface area contributed by atoms with Crippen molar-refractivity contribution in [3.8, 4) is 5.69 Å². The van der Waals surface area contributed by atoms with Crippen LogP contribution in [0, 0.1) is 0 Å². The second-order valence-corrected chi connectivity index (χ2v) is 9.66. The Bertz CT molecular complexity index is 1120. The number of nitrogens with one attached hydrogen (secondary N) is 2. The second kappa shape index (κ2) is 12.3. The van der Waals surface area contributed by atoms with Gasteiger partial charge in [0.1, 0.15) is 11.9 Å². The molecule has 1 aliphatic heterocycles. The van der Waals surface area contributed by atoms with E-state index in [0.29, 0.717) is 44.0 Å². The summed E-state index contributed by atoms with van der Waals surface area (Å²) in [4.78, 5) is 44.4. The van der Waals surface area contributed by atoms with Crippen LogP contribution in [0.3, 0.4) is 0 Å². The number of hydrogen-bond acceptors (Lipinski definition) is 8. The number of hydrogen-bond donors (Lipinski definition) is 5. The summed E-state index contributed by atoms with van der Waals surface area (Å²) >= 11 is 0. The summed E-state index contributed by atoms with van der Waals surface area (Å²) < 4.78 is 1.42. The fourth-order valence-corrected chi connectivity index (χ4v) is 4.66. The first-order valence-corrected chi connectivity index (χ1v) is 12.7. The van der Waals surface area contributed by atoms with Crippen LogP contribution in [0.1, 0.15) is 31.2 Å². The van der Waals surface area contributed by atoms with Gasteiger partial charge in [-0.1, -0.05) is 12.1 Å². The van der Waals surface area contributed by atoms with Gasteiger partial charge in [0.25, 0.3) is 0 Å². The summed E-state index contributed by atoms with van der Waals surface area (Å²) in [5.41, 5.74) is 12.9. The van der Waals surface area contributed by atoms with Crippen LogP contribution in [-0.4, -0.2) is 87.3 Å². The third-order valence-corrected chi connectivity index (χ3v) is 7.01. The fourth-order valence-electron chi connectivity index (χ4n) is 4.66. The monoisotopic (exact) mass is 512 g/mol. The van der Waals surface area contributed by atoms with Gasteiger partial charge < -0.3 is 31.7 Å². The number of aliphatic hydroxyl groups excluding tert-OH is 1. The summed E-state index contributed by atoms with van der Waals surface area (Å²) in [6.07, 6.45) is 5.88. The molecule has 0 unspecified atom stereocenters. The van der Waals surface area contributed by atoms with Gasteiger partial charge >= 0.3 is 11.7 Å². The van der Waals surface area contributed by atoms with Crippen molar-refractivity contribution in [2.24, 2.45) is 11.5 Å². The van der Waals surface area contributed by atoms with E-state index in [1.54, 1.807) is 12.3 Å². The number of anilines is 1. The summed E-state index contributed by atoms with van der Waals surface area (Å²) in [5, 5.41) is 15.3. The predicted octanol–water partition coefficient (Wildman–Crippen LogP) is -0.412. The zero-order valence-corrected chi connectivity index (χ0v) is 20.9. The molecule has 0 radical (unpaired) electrons. The number of carbonyl (C=O) groups excluding carboxylic acids is 2. The van der Waals surface area contributed by atoms with Gasteiger partial charge in [0.15, 0.2) is 0 Å². The summed E-state index contributed by atoms with van der Waals surface area (Å²) in [6, 6.07) is 8.75. The molecule has 1 aromatic heterocycles. The highest BCUT2D eigenvalue weighted by Crippen LogP contribution is 2.18. The van der Waals surface area contributed by atoms with Crippen molar-refractivity contribution in [1.82, 2.24) is 24.7 Å². The third-order valence-electron chi connectivity index (χ3n) is 7.01. The molecule has 3 amide bonds. The van der Waals surface area contributed by atoms with E-state index in [0.717, 1.165) is 37.8 Å². The molecule has 4 rings (SSSR count). The Morgan fingerprint density at radius 3 is 2.30 bits per heavy atom. The Morgan fingerprint density at radius 2 is 1.68 bits per heavy atom. The molecule has 0 spiro atoms. The third kappa shape index (κ3) is 6.92. The Balaban J connectivity index is 1.29. The largest absolute Gasteiger partial charge is 0.394 e. The van der Waals surface area contributed by atoms with Crippen molar-refractivity contribution in [2.45, 2.75) is 50.4 Å². The first kappa shape index (κ1) is 26.7. The number of nitrogens with zero attached hydrogens (tertiary/aromatic N) is 4. The van der Waals surface area contributed by atoms with Crippen molar-refractivity contribution in [3.63, 3.8) is 0 Å². The van der Waals surface area contributed by atoms with Gasteiger partial charge in [0.05, 0.1) is 12.3 Å². The quantitative estimate of drug-likeness (QED) is 0.333. The van der Waals surface area contributed by atoms with E-state index in [1.165, 1.54) is 14.4 Å². The van der Waals surface area contributed by atoms with Crippen LogP contribution in [0.15, 0.2) is 41.3 Å². The Morgan fingerprint density at radius 1 is 1.03 bits per heavy atom. The van der Waals surface area contributed by atoms with Crippen molar-refractivity contribution >= 4 is 17.8 Å². The molecule has 200 valence electrons. The molecule has 12 heteroatoms. The molecule has 0 bridgehead atoms. The summed E-state index contributed by atoms with van der Waals surface area (Å²) in [6.45, 7) is 1.58. The van der Waals surface area contributed by atoms with E-state index >= 15 is 0 Å². The molecule has 1 saturated carbocycles. The first-order valence-electron chi connectivity index (χ1n) is 12.7. The lowest BCUT2D eigenvalue weighted by Crippen LogP contribution is -2.55. The van der Waals surface area contributed by atoms with E-state index in [2.05, 4.69) is 15.6 Å². The molecule has 2 fully saturated rings. The number of amides is 3. The molecule has 37 heavy (non-hydrogen) atoms. The van der Waals surface area contributed by atoms with Gasteiger partial charge in [-0.3, -0.25) is 14.7 Å². The Labute approximate surface area is 215 Å². The van der Waals surface area contributed by atoms with Crippen LogP contribution in [0.2, 0.25) is 0 Å². The maximum absolute atomic E-state index is 12.6.